The van der Waals surface area contributed by atoms with Gasteiger partial charge < -0.3 is 19.2 Å². The lowest BCUT2D eigenvalue weighted by Crippen LogP contribution is -2.50. The Labute approximate surface area is 208 Å². The molecule has 1 saturated heterocycles. The van der Waals surface area contributed by atoms with E-state index < -0.39 is 0 Å². The summed E-state index contributed by atoms with van der Waals surface area (Å²) in [5.41, 5.74) is 1.85. The predicted molar refractivity (Wildman–Crippen MR) is 136 cm³/mol. The number of aromatic hydroxyl groups is 1. The van der Waals surface area contributed by atoms with Crippen molar-refractivity contribution in [3.8, 4) is 22.8 Å². The lowest BCUT2D eigenvalue weighted by atomic mass is 10.1. The van der Waals surface area contributed by atoms with E-state index in [-0.39, 0.29) is 40.4 Å². The molecule has 4 aromatic rings. The van der Waals surface area contributed by atoms with Gasteiger partial charge in [-0.15, -0.1) is 0 Å². The number of aromatic nitrogens is 1. The number of rotatable bonds is 7. The van der Waals surface area contributed by atoms with Crippen LogP contribution in [0, 0.1) is 0 Å². The van der Waals surface area contributed by atoms with Gasteiger partial charge in [-0.2, -0.15) is 0 Å². The van der Waals surface area contributed by atoms with Crippen LogP contribution < -0.4 is 10.2 Å². The lowest BCUT2D eigenvalue weighted by Gasteiger charge is -2.34. The van der Waals surface area contributed by atoms with Crippen LogP contribution in [0.5, 0.6) is 11.5 Å². The van der Waals surface area contributed by atoms with Crippen molar-refractivity contribution in [2.45, 2.75) is 6.42 Å². The quantitative estimate of drug-likeness (QED) is 0.429. The number of amides is 1. The molecule has 5 rings (SSSR count). The number of ether oxygens (including phenoxy) is 1. The third-order valence-electron chi connectivity index (χ3n) is 6.40. The first-order chi connectivity index (χ1) is 17.6. The summed E-state index contributed by atoms with van der Waals surface area (Å²) in [4.78, 5) is 33.5. The van der Waals surface area contributed by atoms with Crippen molar-refractivity contribution >= 4 is 16.9 Å². The Morgan fingerprint density at radius 1 is 1.00 bits per heavy atom. The molecule has 0 aliphatic carbocycles. The maximum atomic E-state index is 12.7. The number of piperazine rings is 1. The number of hydrogen-bond acceptors (Lipinski definition) is 7. The largest absolute Gasteiger partial charge is 0.507 e. The van der Waals surface area contributed by atoms with Crippen molar-refractivity contribution in [2.75, 3.05) is 39.3 Å². The molecule has 1 aliphatic heterocycles. The fraction of sp³-hybridized carbons (Fsp3) is 0.250. The van der Waals surface area contributed by atoms with E-state index in [1.54, 1.807) is 17.3 Å². The van der Waals surface area contributed by atoms with Gasteiger partial charge in [0.1, 0.15) is 28.2 Å². The molecule has 1 fully saturated rings. The van der Waals surface area contributed by atoms with Gasteiger partial charge in [-0.25, -0.2) is 0 Å². The van der Waals surface area contributed by atoms with Crippen LogP contribution in [0.2, 0.25) is 0 Å². The molecule has 0 atom stereocenters. The number of pyridine rings is 1. The molecule has 8 heteroatoms. The monoisotopic (exact) mass is 485 g/mol. The van der Waals surface area contributed by atoms with E-state index >= 15 is 0 Å². The fourth-order valence-corrected chi connectivity index (χ4v) is 4.37. The molecular weight excluding hydrogens is 458 g/mol. The highest BCUT2D eigenvalue weighted by Crippen LogP contribution is 2.31. The first-order valence-electron chi connectivity index (χ1n) is 11.9. The second kappa shape index (κ2) is 10.6. The summed E-state index contributed by atoms with van der Waals surface area (Å²) in [6.07, 6.45) is 4.56. The average molecular weight is 486 g/mol. The van der Waals surface area contributed by atoms with E-state index in [0.717, 1.165) is 31.6 Å². The second-order valence-corrected chi connectivity index (χ2v) is 8.77. The molecule has 8 nitrogen and oxygen atoms in total. The van der Waals surface area contributed by atoms with Crippen LogP contribution in [-0.4, -0.2) is 65.1 Å². The number of carbonyl (C=O) groups is 1. The second-order valence-electron chi connectivity index (χ2n) is 8.77. The van der Waals surface area contributed by atoms with Crippen molar-refractivity contribution < 1.29 is 19.1 Å². The molecule has 1 amide bonds. The molecule has 1 aliphatic rings. The zero-order chi connectivity index (χ0) is 24.9. The Balaban J connectivity index is 1.20. The number of fused-ring (bicyclic) bond motifs is 1. The first kappa shape index (κ1) is 23.6. The van der Waals surface area contributed by atoms with Crippen molar-refractivity contribution in [1.29, 1.82) is 0 Å². The zero-order valence-corrected chi connectivity index (χ0v) is 19.8. The van der Waals surface area contributed by atoms with E-state index in [2.05, 4.69) is 9.88 Å². The summed E-state index contributed by atoms with van der Waals surface area (Å²) in [7, 11) is 0. The van der Waals surface area contributed by atoms with Crippen LogP contribution in [0.4, 0.5) is 0 Å². The number of benzene rings is 2. The SMILES string of the molecule is O=C(COc1cc(O)c2c(=O)cc(-c3ccccc3)oc2c1)N1CCN(CCc2ccncc2)CC1. The van der Waals surface area contributed by atoms with E-state index in [9.17, 15) is 14.7 Å². The normalized spacial score (nSPS) is 14.2. The molecule has 2 aromatic heterocycles. The predicted octanol–water partition coefficient (Wildman–Crippen LogP) is 3.33. The maximum absolute atomic E-state index is 12.7. The minimum Gasteiger partial charge on any atom is -0.507 e. The van der Waals surface area contributed by atoms with Gasteiger partial charge >= 0.3 is 0 Å². The van der Waals surface area contributed by atoms with Gasteiger partial charge in [-0.3, -0.25) is 19.5 Å². The minimum absolute atomic E-state index is 0.0799. The van der Waals surface area contributed by atoms with Crippen LogP contribution in [-0.2, 0) is 11.2 Å². The molecule has 0 spiro atoms. The average Bonchev–Trinajstić information content (AvgIpc) is 2.91. The highest BCUT2D eigenvalue weighted by atomic mass is 16.5. The highest BCUT2D eigenvalue weighted by Gasteiger charge is 2.21. The standard InChI is InChI=1S/C28H27N3O5/c32-23-16-22(17-26-28(23)24(33)18-25(36-26)21-4-2-1-3-5-21)35-19-27(34)31-14-12-30(13-15-31)11-8-20-6-9-29-10-7-20/h1-7,9-10,16-18,32H,8,11-15,19H2. The van der Waals surface area contributed by atoms with Crippen LogP contribution >= 0.6 is 0 Å². The van der Waals surface area contributed by atoms with Crippen LogP contribution in [0.15, 0.2) is 82.3 Å². The van der Waals surface area contributed by atoms with E-state index in [4.69, 9.17) is 9.15 Å². The fourth-order valence-electron chi connectivity index (χ4n) is 4.37. The Morgan fingerprint density at radius 3 is 2.50 bits per heavy atom. The van der Waals surface area contributed by atoms with Crippen molar-refractivity contribution in [3.63, 3.8) is 0 Å². The topological polar surface area (TPSA) is 96.1 Å². The highest BCUT2D eigenvalue weighted by molar-refractivity contribution is 5.86. The van der Waals surface area contributed by atoms with Gasteiger partial charge in [0.15, 0.2) is 12.0 Å². The molecule has 0 bridgehead atoms. The number of phenolic OH excluding ortho intramolecular Hbond substituents is 1. The van der Waals surface area contributed by atoms with E-state index in [0.29, 0.717) is 18.8 Å². The van der Waals surface area contributed by atoms with Crippen LogP contribution in [0.25, 0.3) is 22.3 Å². The molecule has 2 aromatic carbocycles. The number of phenols is 1. The third kappa shape index (κ3) is 5.39. The summed E-state index contributed by atoms with van der Waals surface area (Å²) < 4.78 is 11.6. The number of carbonyl (C=O) groups excluding carboxylic acids is 1. The minimum atomic E-state index is -0.350. The summed E-state index contributed by atoms with van der Waals surface area (Å²) in [6.45, 7) is 3.66. The zero-order valence-electron chi connectivity index (χ0n) is 19.8. The lowest BCUT2D eigenvalue weighted by molar-refractivity contribution is -0.135. The van der Waals surface area contributed by atoms with Gasteiger partial charge in [0.2, 0.25) is 0 Å². The Bertz CT molecular complexity index is 1400. The Hall–Kier alpha value is -4.17. The van der Waals surface area contributed by atoms with Crippen LogP contribution in [0.3, 0.4) is 0 Å². The summed E-state index contributed by atoms with van der Waals surface area (Å²) in [5.74, 6) is 0.286. The Morgan fingerprint density at radius 2 is 1.75 bits per heavy atom. The molecule has 0 unspecified atom stereocenters. The van der Waals surface area contributed by atoms with Crippen molar-refractivity contribution in [2.24, 2.45) is 0 Å². The molecule has 3 heterocycles. The van der Waals surface area contributed by atoms with Crippen molar-refractivity contribution in [1.82, 2.24) is 14.8 Å². The van der Waals surface area contributed by atoms with Crippen molar-refractivity contribution in [3.05, 3.63) is 88.8 Å². The Kier molecular flexibility index (Phi) is 6.95. The summed E-state index contributed by atoms with van der Waals surface area (Å²) >= 11 is 0. The molecule has 184 valence electrons. The smallest absolute Gasteiger partial charge is 0.260 e. The van der Waals surface area contributed by atoms with Gasteiger partial charge in [-0.05, 0) is 24.1 Å². The van der Waals surface area contributed by atoms with E-state index in [1.165, 1.54) is 23.8 Å². The van der Waals surface area contributed by atoms with Gasteiger partial charge in [0.25, 0.3) is 5.91 Å². The number of nitrogens with zero attached hydrogens (tertiary/aromatic N) is 3. The molecule has 0 saturated carbocycles. The van der Waals surface area contributed by atoms with Gasteiger partial charge in [-0.1, -0.05) is 30.3 Å². The third-order valence-corrected chi connectivity index (χ3v) is 6.40. The summed E-state index contributed by atoms with van der Waals surface area (Å²) in [5, 5.41) is 10.5. The van der Waals surface area contributed by atoms with Gasteiger partial charge in [0, 0.05) is 68.9 Å². The number of hydrogen-bond donors (Lipinski definition) is 1. The van der Waals surface area contributed by atoms with Gasteiger partial charge in [0.05, 0.1) is 0 Å². The maximum Gasteiger partial charge on any atom is 0.260 e. The molecule has 36 heavy (non-hydrogen) atoms. The summed E-state index contributed by atoms with van der Waals surface area (Å²) in [6, 6.07) is 17.5. The molecule has 1 N–H and O–H groups in total. The van der Waals surface area contributed by atoms with E-state index in [1.807, 2.05) is 42.5 Å². The van der Waals surface area contributed by atoms with Crippen LogP contribution in [0.1, 0.15) is 5.56 Å². The molecular formula is C28H27N3O5. The molecule has 0 radical (unpaired) electrons. The first-order valence-corrected chi connectivity index (χ1v) is 11.9.